The van der Waals surface area contributed by atoms with Crippen LogP contribution in [0.3, 0.4) is 0 Å². The number of nitrogens with one attached hydrogen (secondary N) is 2. The number of aromatic nitrogens is 6. The van der Waals surface area contributed by atoms with Gasteiger partial charge in [0.05, 0.1) is 24.1 Å². The molecule has 1 aliphatic rings. The number of anilines is 1. The van der Waals surface area contributed by atoms with Crippen molar-refractivity contribution in [2.75, 3.05) is 18.0 Å². The number of nitrogens with two attached hydrogens (primary N) is 1. The van der Waals surface area contributed by atoms with Gasteiger partial charge in [-0.2, -0.15) is 4.98 Å². The lowest BCUT2D eigenvalue weighted by Crippen LogP contribution is -2.44. The molecule has 36 heavy (non-hydrogen) atoms. The van der Waals surface area contributed by atoms with Gasteiger partial charge in [0.1, 0.15) is 0 Å². The molecule has 3 aromatic heterocycles. The number of benzene rings is 1. The van der Waals surface area contributed by atoms with Gasteiger partial charge in [-0.3, -0.25) is 23.3 Å². The average molecular weight is 491 g/mol. The molecule has 4 heterocycles. The van der Waals surface area contributed by atoms with Crippen molar-refractivity contribution in [2.24, 2.45) is 12.8 Å². The normalized spacial score (nSPS) is 15.9. The predicted molar refractivity (Wildman–Crippen MR) is 135 cm³/mol. The van der Waals surface area contributed by atoms with Crippen molar-refractivity contribution < 1.29 is 4.79 Å². The van der Waals surface area contributed by atoms with Gasteiger partial charge in [-0.15, -0.1) is 5.92 Å². The number of hydrogen-bond acceptors (Lipinski definition) is 7. The number of rotatable bonds is 5. The van der Waals surface area contributed by atoms with Crippen LogP contribution in [0.5, 0.6) is 0 Å². The topological polar surface area (TPSA) is 157 Å². The van der Waals surface area contributed by atoms with Crippen LogP contribution >= 0.6 is 0 Å². The molecule has 4 aromatic rings. The maximum atomic E-state index is 13.7. The highest BCUT2D eigenvalue weighted by Crippen LogP contribution is 2.23. The molecule has 1 fully saturated rings. The van der Waals surface area contributed by atoms with Crippen LogP contribution in [0.25, 0.3) is 22.2 Å². The van der Waals surface area contributed by atoms with Gasteiger partial charge in [-0.05, 0) is 31.9 Å². The van der Waals surface area contributed by atoms with E-state index in [0.29, 0.717) is 23.5 Å². The van der Waals surface area contributed by atoms with Gasteiger partial charge in [0.2, 0.25) is 5.95 Å². The minimum atomic E-state index is -0.663. The van der Waals surface area contributed by atoms with E-state index in [2.05, 4.69) is 26.8 Å². The highest BCUT2D eigenvalue weighted by molar-refractivity contribution is 6.05. The van der Waals surface area contributed by atoms with Gasteiger partial charge >= 0.3 is 11.4 Å². The number of para-hydroxylation sites is 1. The first-order valence-corrected chi connectivity index (χ1v) is 11.6. The molecular formula is C24H26N8O4. The number of aromatic amines is 2. The summed E-state index contributed by atoms with van der Waals surface area (Å²) >= 11 is 0. The van der Waals surface area contributed by atoms with Crippen LogP contribution in [0.2, 0.25) is 0 Å². The summed E-state index contributed by atoms with van der Waals surface area (Å²) in [5, 5.41) is 0. The Labute approximate surface area is 204 Å². The standard InChI is InChI=1S/C24H26N8O4/c1-3-4-11-31-19-20(28-23(31)30-10-6-7-14(25)12-30)29(2)24(36)32(21(19)34)13-17(33)15-8-5-9-16-18(15)27-22(35)26-16/h5,8-9,14H,6-7,10-13,25H2,1-2H3,(H2,26,27,35). The van der Waals surface area contributed by atoms with Gasteiger partial charge < -0.3 is 20.6 Å². The van der Waals surface area contributed by atoms with Crippen LogP contribution in [0.15, 0.2) is 32.6 Å². The van der Waals surface area contributed by atoms with E-state index >= 15 is 0 Å². The Bertz CT molecular complexity index is 1740. The first kappa shape index (κ1) is 23.4. The number of carbonyl (C=O) groups excluding carboxylic acids is 1. The van der Waals surface area contributed by atoms with Crippen molar-refractivity contribution in [3.63, 3.8) is 0 Å². The molecule has 0 radical (unpaired) electrons. The highest BCUT2D eigenvalue weighted by Gasteiger charge is 2.27. The summed E-state index contributed by atoms with van der Waals surface area (Å²) in [5.74, 6) is 5.85. The summed E-state index contributed by atoms with van der Waals surface area (Å²) in [4.78, 5) is 63.7. The number of aryl methyl sites for hydroxylation is 1. The molecule has 1 atom stereocenters. The molecule has 12 nitrogen and oxygen atoms in total. The molecule has 5 rings (SSSR count). The van der Waals surface area contributed by atoms with Crippen molar-refractivity contribution in [1.29, 1.82) is 0 Å². The maximum absolute atomic E-state index is 13.7. The number of H-pyrrole nitrogens is 2. The third-order valence-electron chi connectivity index (χ3n) is 6.52. The largest absolute Gasteiger partial charge is 0.341 e. The van der Waals surface area contributed by atoms with E-state index in [9.17, 15) is 19.2 Å². The Morgan fingerprint density at radius 3 is 2.78 bits per heavy atom. The first-order valence-electron chi connectivity index (χ1n) is 11.6. The fourth-order valence-corrected chi connectivity index (χ4v) is 4.76. The Morgan fingerprint density at radius 2 is 2.03 bits per heavy atom. The molecule has 0 amide bonds. The fourth-order valence-electron chi connectivity index (χ4n) is 4.76. The Morgan fingerprint density at radius 1 is 1.22 bits per heavy atom. The van der Waals surface area contributed by atoms with Crippen molar-refractivity contribution in [2.45, 2.75) is 38.9 Å². The second-order valence-electron chi connectivity index (χ2n) is 8.91. The van der Waals surface area contributed by atoms with Crippen LogP contribution in [0, 0.1) is 11.8 Å². The van der Waals surface area contributed by atoms with Crippen LogP contribution < -0.4 is 27.6 Å². The SMILES string of the molecule is CC#CCn1c(N2CCCC(N)C2)nc2c1c(=O)n(CC(=O)c1cccc3[nH]c(=O)[nH]c13)c(=O)n2C. The molecule has 1 unspecified atom stereocenters. The zero-order chi connectivity index (χ0) is 25.6. The zero-order valence-electron chi connectivity index (χ0n) is 20.0. The third kappa shape index (κ3) is 3.83. The first-order chi connectivity index (χ1) is 17.3. The Kier molecular flexibility index (Phi) is 5.85. The molecule has 0 spiro atoms. The van der Waals surface area contributed by atoms with E-state index in [0.717, 1.165) is 24.0 Å². The Hall–Kier alpha value is -4.37. The molecule has 1 aromatic carbocycles. The van der Waals surface area contributed by atoms with Crippen LogP contribution in [0.1, 0.15) is 30.1 Å². The smallest absolute Gasteiger partial charge is 0.332 e. The predicted octanol–water partition coefficient (Wildman–Crippen LogP) is -0.1000. The number of imidazole rings is 2. The third-order valence-corrected chi connectivity index (χ3v) is 6.52. The highest BCUT2D eigenvalue weighted by atomic mass is 16.2. The van der Waals surface area contributed by atoms with Crippen molar-refractivity contribution >= 4 is 33.9 Å². The van der Waals surface area contributed by atoms with E-state index in [4.69, 9.17) is 5.73 Å². The van der Waals surface area contributed by atoms with Crippen molar-refractivity contribution in [1.82, 2.24) is 28.7 Å². The average Bonchev–Trinajstić information content (AvgIpc) is 3.43. The molecular weight excluding hydrogens is 464 g/mol. The minimum absolute atomic E-state index is 0.0232. The Balaban J connectivity index is 1.66. The number of nitrogens with zero attached hydrogens (tertiary/aromatic N) is 5. The second kappa shape index (κ2) is 9.01. The lowest BCUT2D eigenvalue weighted by molar-refractivity contribution is 0.0970. The molecule has 0 bridgehead atoms. The molecule has 1 saturated heterocycles. The summed E-state index contributed by atoms with van der Waals surface area (Å²) in [5.41, 5.74) is 5.83. The summed E-state index contributed by atoms with van der Waals surface area (Å²) in [6, 6.07) is 4.80. The summed E-state index contributed by atoms with van der Waals surface area (Å²) in [6.07, 6.45) is 1.78. The minimum Gasteiger partial charge on any atom is -0.341 e. The van der Waals surface area contributed by atoms with Gasteiger partial charge in [0, 0.05) is 31.7 Å². The van der Waals surface area contributed by atoms with Crippen LogP contribution in [-0.2, 0) is 20.1 Å². The van der Waals surface area contributed by atoms with E-state index in [1.807, 2.05) is 4.90 Å². The van der Waals surface area contributed by atoms with E-state index < -0.39 is 29.3 Å². The summed E-state index contributed by atoms with van der Waals surface area (Å²) < 4.78 is 3.86. The number of Topliss-reactive ketones (excluding diaryl/α,β-unsaturated/α-hetero) is 1. The molecule has 0 aliphatic carbocycles. The number of piperidine rings is 1. The molecule has 12 heteroatoms. The van der Waals surface area contributed by atoms with Crippen LogP contribution in [-0.4, -0.2) is 53.6 Å². The number of hydrogen-bond donors (Lipinski definition) is 3. The summed E-state index contributed by atoms with van der Waals surface area (Å²) in [6.45, 7) is 2.69. The van der Waals surface area contributed by atoms with Crippen molar-refractivity contribution in [3.05, 3.63) is 55.1 Å². The quantitative estimate of drug-likeness (QED) is 0.260. The van der Waals surface area contributed by atoms with Crippen LogP contribution in [0.4, 0.5) is 5.95 Å². The van der Waals surface area contributed by atoms with Gasteiger partial charge in [-0.25, -0.2) is 9.59 Å². The van der Waals surface area contributed by atoms with E-state index in [1.54, 1.807) is 29.7 Å². The van der Waals surface area contributed by atoms with Gasteiger partial charge in [0.25, 0.3) is 5.56 Å². The van der Waals surface area contributed by atoms with Crippen molar-refractivity contribution in [3.8, 4) is 11.8 Å². The maximum Gasteiger partial charge on any atom is 0.332 e. The second-order valence-corrected chi connectivity index (χ2v) is 8.91. The molecule has 186 valence electrons. The number of carbonyl (C=O) groups is 1. The van der Waals surface area contributed by atoms with E-state index in [-0.39, 0.29) is 29.3 Å². The monoisotopic (exact) mass is 490 g/mol. The van der Waals surface area contributed by atoms with Gasteiger partial charge in [-0.1, -0.05) is 12.0 Å². The number of fused-ring (bicyclic) bond motifs is 2. The van der Waals surface area contributed by atoms with Gasteiger partial charge in [0.15, 0.2) is 16.9 Å². The molecule has 4 N–H and O–H groups in total. The number of ketones is 1. The molecule has 1 aliphatic heterocycles. The fraction of sp³-hybridized carbons (Fsp3) is 0.375. The molecule has 0 saturated carbocycles. The zero-order valence-corrected chi connectivity index (χ0v) is 20.0. The summed E-state index contributed by atoms with van der Waals surface area (Å²) in [7, 11) is 1.52. The lowest BCUT2D eigenvalue weighted by atomic mass is 10.1. The van der Waals surface area contributed by atoms with E-state index in [1.165, 1.54) is 11.6 Å². The lowest BCUT2D eigenvalue weighted by Gasteiger charge is -2.31.